The van der Waals surface area contributed by atoms with Crippen LogP contribution in [0.3, 0.4) is 0 Å². The molecule has 0 aliphatic carbocycles. The molecule has 0 radical (unpaired) electrons. The van der Waals surface area contributed by atoms with Gasteiger partial charge in [-0.3, -0.25) is 19.7 Å². The minimum atomic E-state index is -0.895. The number of carbonyl (C=O) groups is 2. The maximum atomic E-state index is 11.7. The number of rotatable bonds is 3. The van der Waals surface area contributed by atoms with E-state index in [-0.39, 0.29) is 11.4 Å². The normalized spacial score (nSPS) is 9.86. The van der Waals surface area contributed by atoms with E-state index in [0.717, 1.165) is 0 Å². The Kier molecular flexibility index (Phi) is 4.70. The highest BCUT2D eigenvalue weighted by Gasteiger charge is 2.14. The van der Waals surface area contributed by atoms with E-state index in [1.54, 1.807) is 18.2 Å². The number of anilines is 2. The lowest BCUT2D eigenvalue weighted by Gasteiger charge is -2.06. The first-order chi connectivity index (χ1) is 10.5. The zero-order valence-corrected chi connectivity index (χ0v) is 11.8. The summed E-state index contributed by atoms with van der Waals surface area (Å²) < 4.78 is 0. The topological polar surface area (TPSA) is 101 Å². The Bertz CT molecular complexity index is 731. The van der Waals surface area contributed by atoms with Crippen LogP contribution in [0.15, 0.2) is 48.5 Å². The van der Waals surface area contributed by atoms with E-state index >= 15 is 0 Å². The molecule has 0 atom stereocenters. The lowest BCUT2D eigenvalue weighted by atomic mass is 10.3. The van der Waals surface area contributed by atoms with Crippen LogP contribution in [0.25, 0.3) is 0 Å². The summed E-state index contributed by atoms with van der Waals surface area (Å²) in [6.45, 7) is 0. The largest absolute Gasteiger partial charge is 0.318 e. The monoisotopic (exact) mass is 319 g/mol. The molecule has 0 aliphatic heterocycles. The maximum Gasteiger partial charge on any atom is 0.314 e. The number of hydrogen-bond donors (Lipinski definition) is 2. The van der Waals surface area contributed by atoms with Crippen LogP contribution in [0.2, 0.25) is 5.02 Å². The number of nitro groups is 1. The molecule has 0 aliphatic rings. The summed E-state index contributed by atoms with van der Waals surface area (Å²) in [5, 5.41) is 15.7. The van der Waals surface area contributed by atoms with E-state index in [1.807, 2.05) is 0 Å². The molecule has 0 aromatic heterocycles. The van der Waals surface area contributed by atoms with Gasteiger partial charge in [-0.1, -0.05) is 17.7 Å². The molecule has 2 aromatic carbocycles. The molecule has 8 heteroatoms. The van der Waals surface area contributed by atoms with Crippen LogP contribution in [0.1, 0.15) is 0 Å². The molecular weight excluding hydrogens is 310 g/mol. The van der Waals surface area contributed by atoms with Crippen molar-refractivity contribution >= 4 is 40.5 Å². The quantitative estimate of drug-likeness (QED) is 0.516. The third-order valence-corrected chi connectivity index (χ3v) is 2.86. The van der Waals surface area contributed by atoms with Crippen molar-refractivity contribution < 1.29 is 14.5 Å². The van der Waals surface area contributed by atoms with Crippen LogP contribution in [-0.4, -0.2) is 16.7 Å². The second-order valence-corrected chi connectivity index (χ2v) is 4.66. The van der Waals surface area contributed by atoms with Crippen molar-refractivity contribution in [2.45, 2.75) is 0 Å². The van der Waals surface area contributed by atoms with Crippen LogP contribution in [0.4, 0.5) is 17.1 Å². The molecular formula is C14H10ClN3O4. The van der Waals surface area contributed by atoms with Crippen molar-refractivity contribution in [3.63, 3.8) is 0 Å². The third kappa shape index (κ3) is 4.03. The molecule has 2 N–H and O–H groups in total. The molecule has 2 rings (SSSR count). The van der Waals surface area contributed by atoms with Gasteiger partial charge in [-0.25, -0.2) is 0 Å². The Hall–Kier alpha value is -2.93. The molecule has 0 bridgehead atoms. The number of non-ortho nitro benzene ring substituents is 1. The van der Waals surface area contributed by atoms with Crippen LogP contribution in [0, 0.1) is 10.1 Å². The van der Waals surface area contributed by atoms with Crippen molar-refractivity contribution in [1.82, 2.24) is 0 Å². The van der Waals surface area contributed by atoms with Gasteiger partial charge >= 0.3 is 11.8 Å². The first-order valence-corrected chi connectivity index (χ1v) is 6.46. The minimum Gasteiger partial charge on any atom is -0.318 e. The van der Waals surface area contributed by atoms with Gasteiger partial charge in [0.1, 0.15) is 0 Å². The molecule has 0 fully saturated rings. The summed E-state index contributed by atoms with van der Waals surface area (Å²) in [6, 6.07) is 11.5. The summed E-state index contributed by atoms with van der Waals surface area (Å²) in [7, 11) is 0. The Morgan fingerprint density at radius 3 is 2.09 bits per heavy atom. The molecule has 0 unspecified atom stereocenters. The summed E-state index contributed by atoms with van der Waals surface area (Å²) >= 11 is 5.77. The second kappa shape index (κ2) is 6.68. The average molecular weight is 320 g/mol. The van der Waals surface area contributed by atoms with Gasteiger partial charge in [-0.2, -0.15) is 0 Å². The number of nitro benzene ring substituents is 1. The number of benzene rings is 2. The molecule has 22 heavy (non-hydrogen) atoms. The summed E-state index contributed by atoms with van der Waals surface area (Å²) in [4.78, 5) is 33.4. The zero-order valence-electron chi connectivity index (χ0n) is 11.1. The van der Waals surface area contributed by atoms with Crippen molar-refractivity contribution in [1.29, 1.82) is 0 Å². The Morgan fingerprint density at radius 2 is 1.55 bits per heavy atom. The number of nitrogens with one attached hydrogen (secondary N) is 2. The molecule has 7 nitrogen and oxygen atoms in total. The molecule has 0 saturated heterocycles. The highest BCUT2D eigenvalue weighted by Crippen LogP contribution is 2.16. The fourth-order valence-electron chi connectivity index (χ4n) is 1.61. The maximum absolute atomic E-state index is 11.7. The smallest absolute Gasteiger partial charge is 0.314 e. The van der Waals surface area contributed by atoms with Crippen LogP contribution >= 0.6 is 11.6 Å². The number of amides is 2. The number of halogens is 1. The Balaban J connectivity index is 1.99. The molecule has 0 heterocycles. The summed E-state index contributed by atoms with van der Waals surface area (Å²) in [5.74, 6) is -1.77. The van der Waals surface area contributed by atoms with Gasteiger partial charge in [0, 0.05) is 28.5 Å². The number of hydrogen-bond acceptors (Lipinski definition) is 4. The molecule has 0 spiro atoms. The molecule has 0 saturated carbocycles. The number of nitrogens with zero attached hydrogens (tertiary/aromatic N) is 1. The predicted molar refractivity (Wildman–Crippen MR) is 81.8 cm³/mol. The van der Waals surface area contributed by atoms with Crippen molar-refractivity contribution in [2.24, 2.45) is 0 Å². The van der Waals surface area contributed by atoms with E-state index in [2.05, 4.69) is 10.6 Å². The third-order valence-electron chi connectivity index (χ3n) is 2.62. The Labute approximate surface area is 130 Å². The predicted octanol–water partition coefficient (Wildman–Crippen LogP) is 2.83. The lowest BCUT2D eigenvalue weighted by Crippen LogP contribution is -2.29. The van der Waals surface area contributed by atoms with Gasteiger partial charge in [0.2, 0.25) is 0 Å². The fraction of sp³-hybridized carbons (Fsp3) is 0. The van der Waals surface area contributed by atoms with E-state index in [4.69, 9.17) is 11.6 Å². The SMILES string of the molecule is O=C(Nc1ccc([N+](=O)[O-])cc1)C(=O)Nc1cccc(Cl)c1. The van der Waals surface area contributed by atoms with Crippen molar-refractivity contribution in [3.05, 3.63) is 63.7 Å². The van der Waals surface area contributed by atoms with Crippen molar-refractivity contribution in [2.75, 3.05) is 10.6 Å². The van der Waals surface area contributed by atoms with E-state index < -0.39 is 16.7 Å². The van der Waals surface area contributed by atoms with E-state index in [0.29, 0.717) is 10.7 Å². The first kappa shape index (κ1) is 15.5. The van der Waals surface area contributed by atoms with Crippen LogP contribution in [-0.2, 0) is 9.59 Å². The molecule has 112 valence electrons. The van der Waals surface area contributed by atoms with Crippen molar-refractivity contribution in [3.8, 4) is 0 Å². The fourth-order valence-corrected chi connectivity index (χ4v) is 1.80. The second-order valence-electron chi connectivity index (χ2n) is 4.22. The lowest BCUT2D eigenvalue weighted by molar-refractivity contribution is -0.384. The first-order valence-electron chi connectivity index (χ1n) is 6.08. The van der Waals surface area contributed by atoms with Crippen LogP contribution < -0.4 is 10.6 Å². The van der Waals surface area contributed by atoms with Gasteiger partial charge in [0.25, 0.3) is 5.69 Å². The van der Waals surface area contributed by atoms with Gasteiger partial charge in [-0.05, 0) is 30.3 Å². The molecule has 2 aromatic rings. The standard InChI is InChI=1S/C14H10ClN3O4/c15-9-2-1-3-11(8-9)17-14(20)13(19)16-10-4-6-12(7-5-10)18(21)22/h1-8H,(H,16,19)(H,17,20). The highest BCUT2D eigenvalue weighted by molar-refractivity contribution is 6.43. The zero-order chi connectivity index (χ0) is 16.1. The summed E-state index contributed by atoms with van der Waals surface area (Å²) in [5.41, 5.74) is 0.551. The van der Waals surface area contributed by atoms with E-state index in [1.165, 1.54) is 30.3 Å². The highest BCUT2D eigenvalue weighted by atomic mass is 35.5. The summed E-state index contributed by atoms with van der Waals surface area (Å²) in [6.07, 6.45) is 0. The van der Waals surface area contributed by atoms with Gasteiger partial charge in [0.15, 0.2) is 0 Å². The Morgan fingerprint density at radius 1 is 0.955 bits per heavy atom. The van der Waals surface area contributed by atoms with Gasteiger partial charge < -0.3 is 10.6 Å². The molecule has 2 amide bonds. The van der Waals surface area contributed by atoms with Crippen LogP contribution in [0.5, 0.6) is 0 Å². The van der Waals surface area contributed by atoms with Gasteiger partial charge in [-0.15, -0.1) is 0 Å². The number of carbonyl (C=O) groups excluding carboxylic acids is 2. The van der Waals surface area contributed by atoms with Gasteiger partial charge in [0.05, 0.1) is 4.92 Å². The average Bonchev–Trinajstić information content (AvgIpc) is 2.47. The minimum absolute atomic E-state index is 0.110. The van der Waals surface area contributed by atoms with E-state index in [9.17, 15) is 19.7 Å².